The second-order valence-electron chi connectivity index (χ2n) is 4.84. The predicted octanol–water partition coefficient (Wildman–Crippen LogP) is 3.89. The van der Waals surface area contributed by atoms with E-state index in [0.29, 0.717) is 21.4 Å². The summed E-state index contributed by atoms with van der Waals surface area (Å²) in [6, 6.07) is 10.9. The summed E-state index contributed by atoms with van der Waals surface area (Å²) in [5, 5.41) is 1.01. The molecule has 2 aromatic carbocycles. The Morgan fingerprint density at radius 1 is 1.15 bits per heavy atom. The summed E-state index contributed by atoms with van der Waals surface area (Å²) in [5.41, 5.74) is 2.53. The normalized spacial score (nSPS) is 19.2. The number of nitrogens with zero attached hydrogens (tertiary/aromatic N) is 1. The Labute approximate surface area is 125 Å². The van der Waals surface area contributed by atoms with Crippen LogP contribution in [0.4, 0.5) is 0 Å². The van der Waals surface area contributed by atoms with Crippen LogP contribution < -0.4 is 4.74 Å². The van der Waals surface area contributed by atoms with Crippen molar-refractivity contribution in [3.05, 3.63) is 63.1 Å². The quantitative estimate of drug-likeness (QED) is 0.739. The number of hydrogen-bond acceptors (Lipinski definition) is 2. The molecule has 0 aromatic heterocycles. The van der Waals surface area contributed by atoms with Gasteiger partial charge in [-0.25, -0.2) is 0 Å². The van der Waals surface area contributed by atoms with Crippen LogP contribution in [0, 0.1) is 0 Å². The minimum atomic E-state index is -0.168. The van der Waals surface area contributed by atoms with Crippen LogP contribution in [-0.2, 0) is 0 Å². The smallest absolute Gasteiger partial charge is 0.257 e. The highest BCUT2D eigenvalue weighted by Crippen LogP contribution is 2.47. The standard InChI is InChI=1S/C15H9Cl2NO2/c16-8-5-11-13-9-3-1-2-4-10(9)15(19)18(13)7-20-14(11)12(17)6-8/h1-6,13H,7H2/t13-/m1/s1. The largest absolute Gasteiger partial charge is 0.471 e. The molecule has 2 heterocycles. The molecule has 100 valence electrons. The Hall–Kier alpha value is -1.71. The van der Waals surface area contributed by atoms with E-state index < -0.39 is 0 Å². The van der Waals surface area contributed by atoms with Gasteiger partial charge in [0.05, 0.1) is 11.1 Å². The van der Waals surface area contributed by atoms with E-state index in [0.717, 1.165) is 11.1 Å². The van der Waals surface area contributed by atoms with Gasteiger partial charge in [0, 0.05) is 16.1 Å². The molecule has 5 heteroatoms. The first-order valence-electron chi connectivity index (χ1n) is 6.18. The molecule has 20 heavy (non-hydrogen) atoms. The van der Waals surface area contributed by atoms with Crippen LogP contribution in [0.1, 0.15) is 27.5 Å². The minimum Gasteiger partial charge on any atom is -0.471 e. The van der Waals surface area contributed by atoms with Gasteiger partial charge in [-0.2, -0.15) is 0 Å². The fourth-order valence-corrected chi connectivity index (χ4v) is 3.47. The lowest BCUT2D eigenvalue weighted by Gasteiger charge is -2.32. The zero-order chi connectivity index (χ0) is 13.9. The number of fused-ring (bicyclic) bond motifs is 5. The topological polar surface area (TPSA) is 29.5 Å². The maximum atomic E-state index is 12.4. The van der Waals surface area contributed by atoms with Crippen LogP contribution in [-0.4, -0.2) is 17.5 Å². The third-order valence-corrected chi connectivity index (χ3v) is 4.24. The van der Waals surface area contributed by atoms with Gasteiger partial charge in [0.25, 0.3) is 5.91 Å². The van der Waals surface area contributed by atoms with Crippen molar-refractivity contribution < 1.29 is 9.53 Å². The Balaban J connectivity index is 1.99. The predicted molar refractivity (Wildman–Crippen MR) is 76.4 cm³/mol. The van der Waals surface area contributed by atoms with Gasteiger partial charge in [0.15, 0.2) is 6.73 Å². The molecule has 0 saturated heterocycles. The second kappa shape index (κ2) is 4.14. The summed E-state index contributed by atoms with van der Waals surface area (Å²) < 4.78 is 5.64. The fraction of sp³-hybridized carbons (Fsp3) is 0.133. The number of hydrogen-bond donors (Lipinski definition) is 0. The fourth-order valence-electron chi connectivity index (χ4n) is 2.91. The molecule has 0 aliphatic carbocycles. The average molecular weight is 306 g/mol. The molecule has 1 atom stereocenters. The molecule has 0 N–H and O–H groups in total. The van der Waals surface area contributed by atoms with Crippen molar-refractivity contribution in [3.8, 4) is 5.75 Å². The monoisotopic (exact) mass is 305 g/mol. The summed E-state index contributed by atoms with van der Waals surface area (Å²) in [6.07, 6.45) is 0. The maximum Gasteiger partial charge on any atom is 0.257 e. The van der Waals surface area contributed by atoms with Gasteiger partial charge in [-0.05, 0) is 23.8 Å². The first kappa shape index (κ1) is 12.1. The van der Waals surface area contributed by atoms with E-state index in [-0.39, 0.29) is 18.7 Å². The molecule has 0 saturated carbocycles. The van der Waals surface area contributed by atoms with Gasteiger partial charge in [0.1, 0.15) is 5.75 Å². The summed E-state index contributed by atoms with van der Waals surface area (Å²) in [7, 11) is 0. The molecule has 1 amide bonds. The number of amides is 1. The van der Waals surface area contributed by atoms with Gasteiger partial charge in [0.2, 0.25) is 0 Å². The average Bonchev–Trinajstić information content (AvgIpc) is 2.73. The molecule has 2 aliphatic heterocycles. The SMILES string of the molecule is O=C1c2ccccc2[C@@H]2c3cc(Cl)cc(Cl)c3OCN12. The van der Waals surface area contributed by atoms with E-state index in [1.54, 1.807) is 11.0 Å². The molecular formula is C15H9Cl2NO2. The summed E-state index contributed by atoms with van der Waals surface area (Å²) in [5.74, 6) is 0.592. The molecule has 3 nitrogen and oxygen atoms in total. The highest BCUT2D eigenvalue weighted by atomic mass is 35.5. The molecule has 0 fully saturated rings. The molecule has 0 bridgehead atoms. The molecule has 0 radical (unpaired) electrons. The molecule has 0 unspecified atom stereocenters. The number of benzene rings is 2. The minimum absolute atomic E-state index is 0.0210. The number of carbonyl (C=O) groups excluding carboxylic acids is 1. The van der Waals surface area contributed by atoms with Crippen molar-refractivity contribution in [2.75, 3.05) is 6.73 Å². The Morgan fingerprint density at radius 3 is 2.80 bits per heavy atom. The van der Waals surface area contributed by atoms with Crippen LogP contribution in [0.5, 0.6) is 5.75 Å². The number of ether oxygens (including phenoxy) is 1. The number of carbonyl (C=O) groups is 1. The Morgan fingerprint density at radius 2 is 1.95 bits per heavy atom. The summed E-state index contributed by atoms with van der Waals surface area (Å²) in [4.78, 5) is 14.1. The van der Waals surface area contributed by atoms with Crippen molar-refractivity contribution in [2.45, 2.75) is 6.04 Å². The van der Waals surface area contributed by atoms with E-state index >= 15 is 0 Å². The summed E-state index contributed by atoms with van der Waals surface area (Å²) in [6.45, 7) is 0.201. The van der Waals surface area contributed by atoms with E-state index in [1.807, 2.05) is 30.3 Å². The Bertz CT molecular complexity index is 745. The van der Waals surface area contributed by atoms with Gasteiger partial charge in [-0.1, -0.05) is 41.4 Å². The van der Waals surface area contributed by atoms with Crippen LogP contribution in [0.3, 0.4) is 0 Å². The molecule has 2 aromatic rings. The van der Waals surface area contributed by atoms with Gasteiger partial charge >= 0.3 is 0 Å². The highest BCUT2D eigenvalue weighted by molar-refractivity contribution is 6.35. The molecule has 4 rings (SSSR count). The van der Waals surface area contributed by atoms with E-state index in [9.17, 15) is 4.79 Å². The second-order valence-corrected chi connectivity index (χ2v) is 5.69. The van der Waals surface area contributed by atoms with Gasteiger partial charge < -0.3 is 4.74 Å². The molecule has 0 spiro atoms. The van der Waals surface area contributed by atoms with Crippen molar-refractivity contribution >= 4 is 29.1 Å². The maximum absolute atomic E-state index is 12.4. The van der Waals surface area contributed by atoms with Crippen LogP contribution in [0.2, 0.25) is 10.0 Å². The highest BCUT2D eigenvalue weighted by Gasteiger charge is 2.42. The van der Waals surface area contributed by atoms with Crippen LogP contribution >= 0.6 is 23.2 Å². The first-order valence-corrected chi connectivity index (χ1v) is 6.94. The lowest BCUT2D eigenvalue weighted by atomic mass is 9.96. The lowest BCUT2D eigenvalue weighted by molar-refractivity contribution is 0.0499. The van der Waals surface area contributed by atoms with Crippen LogP contribution in [0.25, 0.3) is 0 Å². The van der Waals surface area contributed by atoms with E-state index in [4.69, 9.17) is 27.9 Å². The van der Waals surface area contributed by atoms with Crippen molar-refractivity contribution in [1.82, 2.24) is 4.90 Å². The molecule has 2 aliphatic rings. The zero-order valence-corrected chi connectivity index (χ0v) is 11.8. The zero-order valence-electron chi connectivity index (χ0n) is 10.3. The number of rotatable bonds is 0. The molecular weight excluding hydrogens is 297 g/mol. The van der Waals surface area contributed by atoms with Gasteiger partial charge in [-0.15, -0.1) is 0 Å². The third kappa shape index (κ3) is 1.51. The van der Waals surface area contributed by atoms with Crippen molar-refractivity contribution in [1.29, 1.82) is 0 Å². The van der Waals surface area contributed by atoms with Crippen molar-refractivity contribution in [2.24, 2.45) is 0 Å². The lowest BCUT2D eigenvalue weighted by Crippen LogP contribution is -2.36. The summed E-state index contributed by atoms with van der Waals surface area (Å²) >= 11 is 12.3. The first-order chi connectivity index (χ1) is 9.66. The third-order valence-electron chi connectivity index (χ3n) is 3.74. The van der Waals surface area contributed by atoms with Gasteiger partial charge in [-0.3, -0.25) is 9.69 Å². The van der Waals surface area contributed by atoms with Crippen molar-refractivity contribution in [3.63, 3.8) is 0 Å². The van der Waals surface area contributed by atoms with E-state index in [2.05, 4.69) is 0 Å². The van der Waals surface area contributed by atoms with Crippen LogP contribution in [0.15, 0.2) is 36.4 Å². The Kier molecular flexibility index (Phi) is 2.50. The van der Waals surface area contributed by atoms with E-state index in [1.165, 1.54) is 0 Å². The number of halogens is 2.